The molecule has 102 valence electrons. The van der Waals surface area contributed by atoms with Gasteiger partial charge in [-0.2, -0.15) is 0 Å². The van der Waals surface area contributed by atoms with E-state index in [4.69, 9.17) is 0 Å². The monoisotopic (exact) mass is 264 g/mol. The van der Waals surface area contributed by atoms with Crippen molar-refractivity contribution in [2.45, 2.75) is 12.5 Å². The van der Waals surface area contributed by atoms with Crippen LogP contribution in [0, 0.1) is 0 Å². The van der Waals surface area contributed by atoms with Crippen LogP contribution >= 0.6 is 0 Å². The average Bonchev–Trinajstić information content (AvgIpc) is 2.90. The second-order valence-corrected chi connectivity index (χ2v) is 4.30. The first-order valence-corrected chi connectivity index (χ1v) is 6.02. The molecule has 0 aliphatic carbocycles. The molecule has 6 heteroatoms. The van der Waals surface area contributed by atoms with E-state index in [9.17, 15) is 14.7 Å². The third-order valence-electron chi connectivity index (χ3n) is 3.01. The van der Waals surface area contributed by atoms with Crippen molar-refractivity contribution < 1.29 is 19.4 Å². The molecule has 1 atom stereocenters. The molecule has 1 aromatic rings. The number of benzene rings is 1. The molecule has 1 unspecified atom stereocenters. The molecular weight excluding hydrogens is 248 g/mol. The summed E-state index contributed by atoms with van der Waals surface area (Å²) in [5, 5.41) is 15.1. The molecule has 1 aliphatic heterocycles. The van der Waals surface area contributed by atoms with Crippen molar-refractivity contribution in [2.75, 3.05) is 25.5 Å². The van der Waals surface area contributed by atoms with Crippen molar-refractivity contribution in [2.24, 2.45) is 0 Å². The summed E-state index contributed by atoms with van der Waals surface area (Å²) < 4.78 is 4.36. The summed E-state index contributed by atoms with van der Waals surface area (Å²) in [4.78, 5) is 22.8. The smallest absolute Gasteiger partial charge is 0.336 e. The molecule has 1 aliphatic rings. The first kappa shape index (κ1) is 13.4. The van der Waals surface area contributed by atoms with Gasteiger partial charge < -0.3 is 20.5 Å². The molecular formula is C13H16N2O4. The largest absolute Gasteiger partial charge is 0.467 e. The Hall–Kier alpha value is -2.08. The first-order valence-electron chi connectivity index (χ1n) is 6.02. The number of hydrogen-bond donors (Lipinski definition) is 3. The summed E-state index contributed by atoms with van der Waals surface area (Å²) in [5.41, 5.74) is 2.66. The average molecular weight is 264 g/mol. The first-order chi connectivity index (χ1) is 9.11. The second-order valence-electron chi connectivity index (χ2n) is 4.30. The number of amides is 1. The quantitative estimate of drug-likeness (QED) is 0.662. The lowest BCUT2D eigenvalue weighted by atomic mass is 10.1. The molecule has 6 nitrogen and oxygen atoms in total. The van der Waals surface area contributed by atoms with Crippen LogP contribution in [-0.2, 0) is 16.0 Å². The predicted molar refractivity (Wildman–Crippen MR) is 69.0 cm³/mol. The van der Waals surface area contributed by atoms with E-state index in [0.29, 0.717) is 5.56 Å². The Morgan fingerprint density at radius 2 is 2.32 bits per heavy atom. The third-order valence-corrected chi connectivity index (χ3v) is 3.01. The standard InChI is InChI=1S/C13H16N2O4/c1-19-13(18)11(16)7-15-12(17)9-2-3-10-8(6-9)4-5-14-10/h2-3,6,11,14,16H,4-5,7H2,1H3,(H,15,17). The summed E-state index contributed by atoms with van der Waals surface area (Å²) in [6.07, 6.45) is -0.452. The third kappa shape index (κ3) is 3.03. The lowest BCUT2D eigenvalue weighted by Crippen LogP contribution is -2.37. The fraction of sp³-hybridized carbons (Fsp3) is 0.385. The number of methoxy groups -OCH3 is 1. The maximum atomic E-state index is 11.9. The van der Waals surface area contributed by atoms with Crippen LogP contribution in [0.1, 0.15) is 15.9 Å². The molecule has 2 rings (SSSR count). The number of nitrogens with one attached hydrogen (secondary N) is 2. The van der Waals surface area contributed by atoms with Gasteiger partial charge in [0.2, 0.25) is 0 Å². The highest BCUT2D eigenvalue weighted by atomic mass is 16.5. The van der Waals surface area contributed by atoms with E-state index in [-0.39, 0.29) is 12.5 Å². The van der Waals surface area contributed by atoms with Gasteiger partial charge in [0, 0.05) is 17.8 Å². The van der Waals surface area contributed by atoms with Crippen LogP contribution in [0.4, 0.5) is 5.69 Å². The summed E-state index contributed by atoms with van der Waals surface area (Å²) in [7, 11) is 1.18. The predicted octanol–water partition coefficient (Wildman–Crippen LogP) is -0.0817. The molecule has 0 aromatic heterocycles. The van der Waals surface area contributed by atoms with Crippen molar-refractivity contribution in [1.29, 1.82) is 0 Å². The topological polar surface area (TPSA) is 87.7 Å². The summed E-state index contributed by atoms with van der Waals surface area (Å²) in [6, 6.07) is 5.38. The minimum Gasteiger partial charge on any atom is -0.467 e. The van der Waals surface area contributed by atoms with E-state index in [2.05, 4.69) is 15.4 Å². The number of ether oxygens (including phenoxy) is 1. The highest BCUT2D eigenvalue weighted by Crippen LogP contribution is 2.22. The minimum atomic E-state index is -1.34. The van der Waals surface area contributed by atoms with Crippen LogP contribution in [-0.4, -0.2) is 43.3 Å². The van der Waals surface area contributed by atoms with Crippen LogP contribution in [0.25, 0.3) is 0 Å². The second kappa shape index (κ2) is 5.71. The van der Waals surface area contributed by atoms with Gasteiger partial charge in [0.1, 0.15) is 0 Å². The number of anilines is 1. The molecule has 1 heterocycles. The summed E-state index contributed by atoms with van der Waals surface area (Å²) >= 11 is 0. The number of fused-ring (bicyclic) bond motifs is 1. The van der Waals surface area contributed by atoms with Crippen molar-refractivity contribution in [1.82, 2.24) is 5.32 Å². The lowest BCUT2D eigenvalue weighted by molar-refractivity contribution is -0.149. The maximum Gasteiger partial charge on any atom is 0.336 e. The van der Waals surface area contributed by atoms with Crippen molar-refractivity contribution in [3.63, 3.8) is 0 Å². The Kier molecular flexibility index (Phi) is 4.01. The lowest BCUT2D eigenvalue weighted by Gasteiger charge is -2.10. The number of aliphatic hydroxyl groups is 1. The Morgan fingerprint density at radius 1 is 1.53 bits per heavy atom. The van der Waals surface area contributed by atoms with Crippen molar-refractivity contribution >= 4 is 17.6 Å². The molecule has 0 bridgehead atoms. The zero-order chi connectivity index (χ0) is 13.8. The Bertz CT molecular complexity index is 501. The van der Waals surface area contributed by atoms with Crippen LogP contribution < -0.4 is 10.6 Å². The molecule has 0 fully saturated rings. The number of aliphatic hydroxyl groups excluding tert-OH is 1. The Morgan fingerprint density at radius 3 is 3.05 bits per heavy atom. The van der Waals surface area contributed by atoms with E-state index in [0.717, 1.165) is 24.2 Å². The zero-order valence-electron chi connectivity index (χ0n) is 10.6. The van der Waals surface area contributed by atoms with Gasteiger partial charge in [-0.05, 0) is 30.2 Å². The maximum absolute atomic E-state index is 11.9. The van der Waals surface area contributed by atoms with Crippen LogP contribution in [0.5, 0.6) is 0 Å². The Labute approximate surface area is 110 Å². The number of hydrogen-bond acceptors (Lipinski definition) is 5. The van der Waals surface area contributed by atoms with E-state index in [1.54, 1.807) is 6.07 Å². The van der Waals surface area contributed by atoms with E-state index in [1.807, 2.05) is 12.1 Å². The minimum absolute atomic E-state index is 0.166. The van der Waals surface area contributed by atoms with Gasteiger partial charge in [-0.1, -0.05) is 0 Å². The summed E-state index contributed by atoms with van der Waals surface area (Å²) in [5.74, 6) is -1.09. The number of carbonyl (C=O) groups excluding carboxylic acids is 2. The highest BCUT2D eigenvalue weighted by molar-refractivity contribution is 5.95. The van der Waals surface area contributed by atoms with Gasteiger partial charge in [-0.25, -0.2) is 4.79 Å². The van der Waals surface area contributed by atoms with E-state index >= 15 is 0 Å². The number of carbonyl (C=O) groups is 2. The number of esters is 1. The van der Waals surface area contributed by atoms with Crippen molar-refractivity contribution in [3.8, 4) is 0 Å². The molecule has 0 radical (unpaired) electrons. The Balaban J connectivity index is 1.95. The molecule has 19 heavy (non-hydrogen) atoms. The fourth-order valence-corrected chi connectivity index (χ4v) is 1.96. The van der Waals surface area contributed by atoms with Gasteiger partial charge in [-0.15, -0.1) is 0 Å². The van der Waals surface area contributed by atoms with Gasteiger partial charge in [-0.3, -0.25) is 4.79 Å². The van der Waals surface area contributed by atoms with Gasteiger partial charge >= 0.3 is 5.97 Å². The summed E-state index contributed by atoms with van der Waals surface area (Å²) in [6.45, 7) is 0.711. The van der Waals surface area contributed by atoms with Crippen LogP contribution in [0.3, 0.4) is 0 Å². The van der Waals surface area contributed by atoms with Gasteiger partial charge in [0.25, 0.3) is 5.91 Å². The molecule has 0 saturated carbocycles. The van der Waals surface area contributed by atoms with Gasteiger partial charge in [0.15, 0.2) is 6.10 Å². The fourth-order valence-electron chi connectivity index (χ4n) is 1.96. The normalized spacial score (nSPS) is 14.2. The van der Waals surface area contributed by atoms with Gasteiger partial charge in [0.05, 0.1) is 13.7 Å². The van der Waals surface area contributed by atoms with Crippen LogP contribution in [0.15, 0.2) is 18.2 Å². The molecule has 1 amide bonds. The van der Waals surface area contributed by atoms with E-state index in [1.165, 1.54) is 7.11 Å². The molecule has 0 saturated heterocycles. The molecule has 3 N–H and O–H groups in total. The molecule has 0 spiro atoms. The van der Waals surface area contributed by atoms with E-state index < -0.39 is 12.1 Å². The zero-order valence-corrected chi connectivity index (χ0v) is 10.6. The SMILES string of the molecule is COC(=O)C(O)CNC(=O)c1ccc2c(c1)CCN2. The van der Waals surface area contributed by atoms with Crippen molar-refractivity contribution in [3.05, 3.63) is 29.3 Å². The number of rotatable bonds is 4. The highest BCUT2D eigenvalue weighted by Gasteiger charge is 2.18. The van der Waals surface area contributed by atoms with Crippen LogP contribution in [0.2, 0.25) is 0 Å². The molecule has 1 aromatic carbocycles.